The number of benzene rings is 1. The summed E-state index contributed by atoms with van der Waals surface area (Å²) in [6.45, 7) is 8.67. The van der Waals surface area contributed by atoms with E-state index in [9.17, 15) is 4.79 Å². The maximum atomic E-state index is 12.5. The molecule has 1 aromatic carbocycles. The Morgan fingerprint density at radius 2 is 2.14 bits per heavy atom. The zero-order chi connectivity index (χ0) is 15.2. The van der Waals surface area contributed by atoms with Gasteiger partial charge in [-0.15, -0.1) is 0 Å². The fourth-order valence-corrected chi connectivity index (χ4v) is 3.53. The maximum absolute atomic E-state index is 12.5. The van der Waals surface area contributed by atoms with Crippen molar-refractivity contribution in [3.63, 3.8) is 0 Å². The van der Waals surface area contributed by atoms with Crippen molar-refractivity contribution in [3.8, 4) is 0 Å². The second-order valence-corrected chi connectivity index (χ2v) is 6.63. The Labute approximate surface area is 136 Å². The third kappa shape index (κ3) is 4.55. The first-order chi connectivity index (χ1) is 10.1. The Hall–Kier alpha value is -0.870. The van der Waals surface area contributed by atoms with Gasteiger partial charge in [0.2, 0.25) is 5.91 Å². The fourth-order valence-electron chi connectivity index (χ4n) is 3.09. The molecule has 0 unspecified atom stereocenters. The summed E-state index contributed by atoms with van der Waals surface area (Å²) in [6, 6.07) is 8.44. The summed E-state index contributed by atoms with van der Waals surface area (Å²) < 4.78 is 1.12. The van der Waals surface area contributed by atoms with Gasteiger partial charge >= 0.3 is 0 Å². The molecule has 1 fully saturated rings. The van der Waals surface area contributed by atoms with Crippen LogP contribution in [0.15, 0.2) is 28.7 Å². The minimum atomic E-state index is 0.172. The lowest BCUT2D eigenvalue weighted by atomic mass is 9.96. The van der Waals surface area contributed by atoms with E-state index in [2.05, 4.69) is 52.9 Å². The van der Waals surface area contributed by atoms with Crippen LogP contribution in [0.1, 0.15) is 32.3 Å². The van der Waals surface area contributed by atoms with Gasteiger partial charge in [0, 0.05) is 30.7 Å². The van der Waals surface area contributed by atoms with Crippen LogP contribution in [0.3, 0.4) is 0 Å². The highest BCUT2D eigenvalue weighted by Crippen LogP contribution is 2.21. The minimum absolute atomic E-state index is 0.172. The molecule has 0 saturated carbocycles. The van der Waals surface area contributed by atoms with Gasteiger partial charge in [-0.05, 0) is 50.9 Å². The number of likely N-dealkylation sites (tertiary alicyclic amines) is 1. The van der Waals surface area contributed by atoms with E-state index < -0.39 is 0 Å². The first-order valence-corrected chi connectivity index (χ1v) is 8.69. The molecule has 1 aromatic rings. The van der Waals surface area contributed by atoms with E-state index >= 15 is 0 Å². The number of piperidine rings is 1. The van der Waals surface area contributed by atoms with Crippen LogP contribution in [0.25, 0.3) is 0 Å². The Morgan fingerprint density at radius 1 is 1.38 bits per heavy atom. The summed E-state index contributed by atoms with van der Waals surface area (Å²) >= 11 is 3.52. The topological polar surface area (TPSA) is 23.6 Å². The highest BCUT2D eigenvalue weighted by Gasteiger charge is 2.28. The van der Waals surface area contributed by atoms with Crippen molar-refractivity contribution in [2.45, 2.75) is 33.2 Å². The molecule has 1 atom stereocenters. The van der Waals surface area contributed by atoms with Gasteiger partial charge in [0.1, 0.15) is 0 Å². The zero-order valence-electron chi connectivity index (χ0n) is 13.0. The molecule has 0 aliphatic carbocycles. The van der Waals surface area contributed by atoms with E-state index in [0.717, 1.165) is 50.0 Å². The molecule has 2 rings (SSSR count). The predicted molar refractivity (Wildman–Crippen MR) is 90.1 cm³/mol. The number of rotatable bonds is 5. The van der Waals surface area contributed by atoms with Crippen molar-refractivity contribution in [3.05, 3.63) is 34.3 Å². The van der Waals surface area contributed by atoms with Gasteiger partial charge in [-0.25, -0.2) is 0 Å². The van der Waals surface area contributed by atoms with Crippen LogP contribution in [0.2, 0.25) is 0 Å². The second kappa shape index (κ2) is 7.95. The van der Waals surface area contributed by atoms with Gasteiger partial charge in [0.25, 0.3) is 0 Å². The van der Waals surface area contributed by atoms with Gasteiger partial charge in [-0.3, -0.25) is 9.69 Å². The standard InChI is InChI=1S/C17H25BrN2O/c1-3-20(4-2)17(21)15-8-6-10-19(13-15)12-14-7-5-9-16(18)11-14/h5,7,9,11,15H,3-4,6,8,10,12-13H2,1-2H3/t15-/m1/s1. The first kappa shape index (κ1) is 16.5. The zero-order valence-corrected chi connectivity index (χ0v) is 14.6. The fraction of sp³-hybridized carbons (Fsp3) is 0.588. The molecule has 0 radical (unpaired) electrons. The van der Waals surface area contributed by atoms with Crippen molar-refractivity contribution in [1.82, 2.24) is 9.80 Å². The van der Waals surface area contributed by atoms with Crippen molar-refractivity contribution < 1.29 is 4.79 Å². The van der Waals surface area contributed by atoms with Gasteiger partial charge in [0.05, 0.1) is 5.92 Å². The van der Waals surface area contributed by atoms with Crippen molar-refractivity contribution in [2.75, 3.05) is 26.2 Å². The second-order valence-electron chi connectivity index (χ2n) is 5.71. The van der Waals surface area contributed by atoms with Crippen molar-refractivity contribution in [2.24, 2.45) is 5.92 Å². The summed E-state index contributed by atoms with van der Waals surface area (Å²) in [4.78, 5) is 16.9. The van der Waals surface area contributed by atoms with Crippen LogP contribution in [-0.4, -0.2) is 41.9 Å². The number of nitrogens with zero attached hydrogens (tertiary/aromatic N) is 2. The number of carbonyl (C=O) groups excluding carboxylic acids is 1. The Kier molecular flexibility index (Phi) is 6.24. The Morgan fingerprint density at radius 3 is 2.81 bits per heavy atom. The van der Waals surface area contributed by atoms with Crippen LogP contribution in [0, 0.1) is 5.92 Å². The summed E-state index contributed by atoms with van der Waals surface area (Å²) in [7, 11) is 0. The van der Waals surface area contributed by atoms with Gasteiger partial charge in [-0.2, -0.15) is 0 Å². The molecule has 0 spiro atoms. The van der Waals surface area contributed by atoms with Crippen molar-refractivity contribution in [1.29, 1.82) is 0 Å². The summed E-state index contributed by atoms with van der Waals surface area (Å²) in [6.07, 6.45) is 2.15. The molecule has 21 heavy (non-hydrogen) atoms. The summed E-state index contributed by atoms with van der Waals surface area (Å²) in [5, 5.41) is 0. The molecule has 1 aliphatic heterocycles. The van der Waals surface area contributed by atoms with Crippen LogP contribution in [0.4, 0.5) is 0 Å². The van der Waals surface area contributed by atoms with Gasteiger partial charge in [-0.1, -0.05) is 28.1 Å². The van der Waals surface area contributed by atoms with Crippen LogP contribution < -0.4 is 0 Å². The van der Waals surface area contributed by atoms with E-state index in [0.29, 0.717) is 5.91 Å². The molecular weight excluding hydrogens is 328 g/mol. The van der Waals surface area contributed by atoms with Gasteiger partial charge in [0.15, 0.2) is 0 Å². The molecule has 116 valence electrons. The van der Waals surface area contributed by atoms with Gasteiger partial charge < -0.3 is 4.90 Å². The van der Waals surface area contributed by atoms with E-state index in [-0.39, 0.29) is 5.92 Å². The van der Waals surface area contributed by atoms with Crippen LogP contribution >= 0.6 is 15.9 Å². The minimum Gasteiger partial charge on any atom is -0.343 e. The average Bonchev–Trinajstić information content (AvgIpc) is 2.48. The van der Waals surface area contributed by atoms with E-state index in [1.165, 1.54) is 5.56 Å². The average molecular weight is 353 g/mol. The maximum Gasteiger partial charge on any atom is 0.226 e. The SMILES string of the molecule is CCN(CC)C(=O)[C@@H]1CCCN(Cc2cccc(Br)c2)C1. The lowest BCUT2D eigenvalue weighted by Gasteiger charge is -2.34. The molecule has 0 N–H and O–H groups in total. The molecule has 3 nitrogen and oxygen atoms in total. The lowest BCUT2D eigenvalue weighted by Crippen LogP contribution is -2.44. The van der Waals surface area contributed by atoms with Crippen molar-refractivity contribution >= 4 is 21.8 Å². The highest BCUT2D eigenvalue weighted by molar-refractivity contribution is 9.10. The summed E-state index contributed by atoms with van der Waals surface area (Å²) in [5.41, 5.74) is 1.31. The number of hydrogen-bond acceptors (Lipinski definition) is 2. The smallest absolute Gasteiger partial charge is 0.226 e. The molecule has 1 heterocycles. The molecule has 1 aliphatic rings. The Bertz CT molecular complexity index is 474. The third-order valence-electron chi connectivity index (χ3n) is 4.23. The molecule has 1 saturated heterocycles. The monoisotopic (exact) mass is 352 g/mol. The van der Waals surface area contributed by atoms with Crippen LogP contribution in [0.5, 0.6) is 0 Å². The quantitative estimate of drug-likeness (QED) is 0.809. The van der Waals surface area contributed by atoms with E-state index in [4.69, 9.17) is 0 Å². The number of amides is 1. The first-order valence-electron chi connectivity index (χ1n) is 7.89. The summed E-state index contributed by atoms with van der Waals surface area (Å²) in [5.74, 6) is 0.504. The molecule has 0 bridgehead atoms. The molecule has 0 aromatic heterocycles. The third-order valence-corrected chi connectivity index (χ3v) is 4.72. The van der Waals surface area contributed by atoms with Crippen LogP contribution in [-0.2, 0) is 11.3 Å². The number of carbonyl (C=O) groups is 1. The largest absolute Gasteiger partial charge is 0.343 e. The lowest BCUT2D eigenvalue weighted by molar-refractivity contribution is -0.137. The van der Waals surface area contributed by atoms with E-state index in [1.54, 1.807) is 0 Å². The number of halogens is 1. The highest BCUT2D eigenvalue weighted by atomic mass is 79.9. The normalized spacial score (nSPS) is 19.5. The molecular formula is C17H25BrN2O. The Balaban J connectivity index is 1.96. The molecule has 1 amide bonds. The van der Waals surface area contributed by atoms with E-state index in [1.807, 2.05) is 11.0 Å². The molecule has 4 heteroatoms. The predicted octanol–water partition coefficient (Wildman–Crippen LogP) is 3.53. The number of hydrogen-bond donors (Lipinski definition) is 0.